The average molecular weight is 377 g/mol. The van der Waals surface area contributed by atoms with E-state index in [2.05, 4.69) is 14.9 Å². The number of rotatable bonds is 3. The van der Waals surface area contributed by atoms with E-state index in [9.17, 15) is 18.3 Å². The zero-order valence-corrected chi connectivity index (χ0v) is 14.9. The van der Waals surface area contributed by atoms with Gasteiger partial charge in [0.1, 0.15) is 5.69 Å². The third-order valence-corrected chi connectivity index (χ3v) is 6.02. The minimum atomic E-state index is -4.40. The molecule has 7 heteroatoms. The lowest BCUT2D eigenvalue weighted by Crippen LogP contribution is -2.58. The van der Waals surface area contributed by atoms with E-state index >= 15 is 0 Å². The van der Waals surface area contributed by atoms with Crippen molar-refractivity contribution in [3.63, 3.8) is 0 Å². The first-order chi connectivity index (χ1) is 12.9. The standard InChI is InChI=1S/C20H22F3N3O/c21-20(22,23)17-4-3-16(11-25-17)26-12-19(13-26)7-5-14(6-8-19)18(27)15-2-1-9-24-10-15/h1-4,9-11,14,18,27H,5-8,12-13H2. The molecule has 0 bridgehead atoms. The van der Waals surface area contributed by atoms with Gasteiger partial charge in [-0.05, 0) is 55.4 Å². The number of aromatic nitrogens is 2. The van der Waals surface area contributed by atoms with E-state index in [1.54, 1.807) is 12.4 Å². The van der Waals surface area contributed by atoms with Crippen molar-refractivity contribution in [2.45, 2.75) is 38.0 Å². The molecule has 0 radical (unpaired) electrons. The van der Waals surface area contributed by atoms with Gasteiger partial charge in [0.25, 0.3) is 0 Å². The Labute approximate surface area is 156 Å². The van der Waals surface area contributed by atoms with Gasteiger partial charge in [-0.25, -0.2) is 4.98 Å². The van der Waals surface area contributed by atoms with E-state index in [0.29, 0.717) is 0 Å². The number of alkyl halides is 3. The molecule has 2 aromatic heterocycles. The van der Waals surface area contributed by atoms with Crippen molar-refractivity contribution >= 4 is 5.69 Å². The van der Waals surface area contributed by atoms with E-state index in [4.69, 9.17) is 0 Å². The first-order valence-corrected chi connectivity index (χ1v) is 9.23. The van der Waals surface area contributed by atoms with Crippen LogP contribution in [-0.2, 0) is 6.18 Å². The van der Waals surface area contributed by atoms with Crippen molar-refractivity contribution in [1.82, 2.24) is 9.97 Å². The topological polar surface area (TPSA) is 49.3 Å². The normalized spacial score (nSPS) is 21.1. The van der Waals surface area contributed by atoms with Gasteiger partial charge in [0, 0.05) is 30.9 Å². The molecule has 1 unspecified atom stereocenters. The van der Waals surface area contributed by atoms with Crippen molar-refractivity contribution in [1.29, 1.82) is 0 Å². The number of pyridine rings is 2. The third kappa shape index (κ3) is 3.65. The minimum absolute atomic E-state index is 0.216. The zero-order valence-electron chi connectivity index (χ0n) is 14.9. The molecule has 1 N–H and O–H groups in total. The van der Waals surface area contributed by atoms with Gasteiger partial charge in [0.15, 0.2) is 0 Å². The predicted octanol–water partition coefficient (Wildman–Crippen LogP) is 4.23. The summed E-state index contributed by atoms with van der Waals surface area (Å²) in [7, 11) is 0. The Morgan fingerprint density at radius 2 is 1.85 bits per heavy atom. The van der Waals surface area contributed by atoms with Crippen molar-refractivity contribution in [2.75, 3.05) is 18.0 Å². The van der Waals surface area contributed by atoms with Crippen molar-refractivity contribution < 1.29 is 18.3 Å². The van der Waals surface area contributed by atoms with E-state index in [0.717, 1.165) is 56.1 Å². The molecule has 27 heavy (non-hydrogen) atoms. The minimum Gasteiger partial charge on any atom is -0.388 e. The highest BCUT2D eigenvalue weighted by Crippen LogP contribution is 2.49. The zero-order chi connectivity index (χ0) is 19.1. The molecule has 1 saturated carbocycles. The van der Waals surface area contributed by atoms with Gasteiger partial charge in [0.2, 0.25) is 0 Å². The van der Waals surface area contributed by atoms with Gasteiger partial charge in [-0.2, -0.15) is 13.2 Å². The van der Waals surface area contributed by atoms with Gasteiger partial charge in [-0.3, -0.25) is 4.98 Å². The molecule has 2 aromatic rings. The Hall–Kier alpha value is -2.15. The summed E-state index contributed by atoms with van der Waals surface area (Å²) in [6, 6.07) is 6.29. The molecule has 1 aliphatic heterocycles. The van der Waals surface area contributed by atoms with Crippen LogP contribution in [0.25, 0.3) is 0 Å². The van der Waals surface area contributed by atoms with Crippen LogP contribution in [0.1, 0.15) is 43.0 Å². The predicted molar refractivity (Wildman–Crippen MR) is 95.0 cm³/mol. The molecule has 2 fully saturated rings. The Morgan fingerprint density at radius 3 is 2.41 bits per heavy atom. The number of aliphatic hydroxyl groups excluding tert-OH is 1. The van der Waals surface area contributed by atoms with E-state index in [1.165, 1.54) is 12.3 Å². The molecule has 0 aromatic carbocycles. The SMILES string of the molecule is OC(c1cccnc1)C1CCC2(CC1)CN(c1ccc(C(F)(F)F)nc1)C2. The summed E-state index contributed by atoms with van der Waals surface area (Å²) in [5.41, 5.74) is 0.968. The second kappa shape index (κ2) is 6.78. The Bertz CT molecular complexity index is 763. The summed E-state index contributed by atoms with van der Waals surface area (Å²) < 4.78 is 37.9. The second-order valence-corrected chi connectivity index (χ2v) is 7.82. The molecule has 1 saturated heterocycles. The fourth-order valence-electron chi connectivity index (χ4n) is 4.39. The van der Waals surface area contributed by atoms with Crippen molar-refractivity contribution in [3.8, 4) is 0 Å². The van der Waals surface area contributed by atoms with Crippen LogP contribution >= 0.6 is 0 Å². The average Bonchev–Trinajstić information content (AvgIpc) is 2.66. The molecular weight excluding hydrogens is 355 g/mol. The van der Waals surface area contributed by atoms with Crippen molar-refractivity contribution in [2.24, 2.45) is 11.3 Å². The maximum absolute atomic E-state index is 12.6. The first-order valence-electron chi connectivity index (χ1n) is 9.23. The molecule has 3 heterocycles. The van der Waals surface area contributed by atoms with Gasteiger partial charge in [-0.15, -0.1) is 0 Å². The molecule has 4 nitrogen and oxygen atoms in total. The summed E-state index contributed by atoms with van der Waals surface area (Å²) in [5.74, 6) is 0.238. The number of nitrogens with zero attached hydrogens (tertiary/aromatic N) is 3. The molecule has 1 aliphatic carbocycles. The summed E-state index contributed by atoms with van der Waals surface area (Å²) >= 11 is 0. The Balaban J connectivity index is 1.32. The Morgan fingerprint density at radius 1 is 1.11 bits per heavy atom. The summed E-state index contributed by atoms with van der Waals surface area (Å²) in [6.07, 6.45) is 3.81. The summed E-state index contributed by atoms with van der Waals surface area (Å²) in [5, 5.41) is 10.6. The van der Waals surface area contributed by atoms with Crippen LogP contribution in [0.4, 0.5) is 18.9 Å². The highest BCUT2D eigenvalue weighted by molar-refractivity contribution is 5.48. The Kier molecular flexibility index (Phi) is 4.58. The van der Waals surface area contributed by atoms with Crippen LogP contribution in [0.3, 0.4) is 0 Å². The van der Waals surface area contributed by atoms with Crippen LogP contribution in [0, 0.1) is 11.3 Å². The van der Waals surface area contributed by atoms with Crippen LogP contribution in [-0.4, -0.2) is 28.2 Å². The van der Waals surface area contributed by atoms with Crippen LogP contribution in [0.5, 0.6) is 0 Å². The fourth-order valence-corrected chi connectivity index (χ4v) is 4.39. The quantitative estimate of drug-likeness (QED) is 0.870. The highest BCUT2D eigenvalue weighted by Gasteiger charge is 2.46. The number of aliphatic hydroxyl groups is 1. The van der Waals surface area contributed by atoms with E-state index in [-0.39, 0.29) is 11.3 Å². The first kappa shape index (κ1) is 18.2. The molecule has 1 atom stereocenters. The lowest BCUT2D eigenvalue weighted by Gasteiger charge is -2.54. The largest absolute Gasteiger partial charge is 0.433 e. The van der Waals surface area contributed by atoms with Gasteiger partial charge >= 0.3 is 6.18 Å². The third-order valence-electron chi connectivity index (χ3n) is 6.02. The molecule has 1 spiro atoms. The lowest BCUT2D eigenvalue weighted by atomic mass is 9.64. The monoisotopic (exact) mass is 377 g/mol. The lowest BCUT2D eigenvalue weighted by molar-refractivity contribution is -0.141. The van der Waals surface area contributed by atoms with Crippen LogP contribution in [0.15, 0.2) is 42.9 Å². The van der Waals surface area contributed by atoms with E-state index in [1.807, 2.05) is 12.1 Å². The highest BCUT2D eigenvalue weighted by atomic mass is 19.4. The maximum Gasteiger partial charge on any atom is 0.433 e. The van der Waals surface area contributed by atoms with Crippen LogP contribution in [0.2, 0.25) is 0 Å². The van der Waals surface area contributed by atoms with Gasteiger partial charge in [0.05, 0.1) is 18.0 Å². The molecular formula is C20H22F3N3O. The number of anilines is 1. The summed E-state index contributed by atoms with van der Waals surface area (Å²) in [4.78, 5) is 9.72. The van der Waals surface area contributed by atoms with Gasteiger partial charge < -0.3 is 10.0 Å². The molecule has 4 rings (SSSR count). The fraction of sp³-hybridized carbons (Fsp3) is 0.500. The number of hydrogen-bond donors (Lipinski definition) is 1. The molecule has 144 valence electrons. The maximum atomic E-state index is 12.6. The van der Waals surface area contributed by atoms with E-state index < -0.39 is 18.0 Å². The number of halogens is 3. The number of hydrogen-bond acceptors (Lipinski definition) is 4. The smallest absolute Gasteiger partial charge is 0.388 e. The summed E-state index contributed by atoms with van der Waals surface area (Å²) in [6.45, 7) is 1.69. The van der Waals surface area contributed by atoms with Crippen molar-refractivity contribution in [3.05, 3.63) is 54.1 Å². The van der Waals surface area contributed by atoms with Gasteiger partial charge in [-0.1, -0.05) is 6.07 Å². The molecule has 2 aliphatic rings. The van der Waals surface area contributed by atoms with Crippen LogP contribution < -0.4 is 4.90 Å². The molecule has 0 amide bonds. The second-order valence-electron chi connectivity index (χ2n) is 7.82.